The fourth-order valence-electron chi connectivity index (χ4n) is 0.538. The SMILES string of the molecule is O=C(F)Oc1c(F)nc(F)nc1F. The smallest absolute Gasteiger partial charge is 0.391 e. The van der Waals surface area contributed by atoms with E-state index in [9.17, 15) is 22.4 Å². The van der Waals surface area contributed by atoms with E-state index in [0.29, 0.717) is 0 Å². The maximum atomic E-state index is 12.4. The second-order valence-corrected chi connectivity index (χ2v) is 1.74. The largest absolute Gasteiger partial charge is 0.501 e. The van der Waals surface area contributed by atoms with Gasteiger partial charge in [-0.05, 0) is 0 Å². The highest BCUT2D eigenvalue weighted by atomic mass is 19.2. The highest BCUT2D eigenvalue weighted by Gasteiger charge is 2.18. The minimum atomic E-state index is -2.45. The number of ether oxygens (including phenoxy) is 1. The summed E-state index contributed by atoms with van der Waals surface area (Å²) in [4.78, 5) is 14.3. The summed E-state index contributed by atoms with van der Waals surface area (Å²) in [5, 5.41) is 0. The van der Waals surface area contributed by atoms with Gasteiger partial charge in [-0.1, -0.05) is 0 Å². The molecule has 0 fully saturated rings. The summed E-state index contributed by atoms with van der Waals surface area (Å²) in [5.74, 6) is -5.07. The van der Waals surface area contributed by atoms with Crippen LogP contribution in [0.5, 0.6) is 5.75 Å². The van der Waals surface area contributed by atoms with Crippen molar-refractivity contribution in [2.75, 3.05) is 0 Å². The first-order chi connectivity index (χ1) is 6.00. The summed E-state index contributed by atoms with van der Waals surface area (Å²) >= 11 is 0. The third-order valence-electron chi connectivity index (χ3n) is 0.938. The standard InChI is InChI=1S/C5F4N2O2/c6-2-1(13-5(9)12)3(7)11-4(8)10-2. The Labute approximate surface area is 68.2 Å². The van der Waals surface area contributed by atoms with Gasteiger partial charge in [0.1, 0.15) is 0 Å². The second kappa shape index (κ2) is 3.33. The van der Waals surface area contributed by atoms with Gasteiger partial charge >= 0.3 is 12.3 Å². The van der Waals surface area contributed by atoms with Crippen LogP contribution in [0.25, 0.3) is 0 Å². The van der Waals surface area contributed by atoms with Gasteiger partial charge < -0.3 is 4.74 Å². The van der Waals surface area contributed by atoms with Gasteiger partial charge in [0.2, 0.25) is 5.75 Å². The summed E-state index contributed by atoms with van der Waals surface area (Å²) in [6, 6.07) is 0. The van der Waals surface area contributed by atoms with Crippen molar-refractivity contribution in [2.45, 2.75) is 0 Å². The van der Waals surface area contributed by atoms with Gasteiger partial charge in [-0.15, -0.1) is 4.39 Å². The van der Waals surface area contributed by atoms with E-state index in [2.05, 4.69) is 14.7 Å². The number of aromatic nitrogens is 2. The normalized spacial score (nSPS) is 9.85. The number of nitrogens with zero attached hydrogens (tertiary/aromatic N) is 2. The van der Waals surface area contributed by atoms with Crippen LogP contribution in [0.3, 0.4) is 0 Å². The molecule has 0 saturated heterocycles. The molecule has 13 heavy (non-hydrogen) atoms. The van der Waals surface area contributed by atoms with E-state index >= 15 is 0 Å². The van der Waals surface area contributed by atoms with Gasteiger partial charge in [-0.2, -0.15) is 23.1 Å². The maximum Gasteiger partial charge on any atom is 0.501 e. The monoisotopic (exact) mass is 196 g/mol. The van der Waals surface area contributed by atoms with Crippen LogP contribution in [0, 0.1) is 18.0 Å². The Balaban J connectivity index is 3.13. The Kier molecular flexibility index (Phi) is 2.40. The third-order valence-corrected chi connectivity index (χ3v) is 0.938. The topological polar surface area (TPSA) is 52.1 Å². The lowest BCUT2D eigenvalue weighted by molar-refractivity contribution is 0.169. The lowest BCUT2D eigenvalue weighted by Gasteiger charge is -1.99. The van der Waals surface area contributed by atoms with E-state index in [-0.39, 0.29) is 0 Å². The van der Waals surface area contributed by atoms with Crippen LogP contribution in [-0.2, 0) is 0 Å². The molecule has 0 radical (unpaired) electrons. The summed E-state index contributed by atoms with van der Waals surface area (Å²) < 4.78 is 51.7. The molecule has 1 rings (SSSR count). The van der Waals surface area contributed by atoms with Crippen LogP contribution in [0.1, 0.15) is 0 Å². The van der Waals surface area contributed by atoms with Crippen LogP contribution in [-0.4, -0.2) is 16.2 Å². The zero-order valence-electron chi connectivity index (χ0n) is 5.72. The molecule has 0 aliphatic carbocycles. The third kappa shape index (κ3) is 2.10. The fourth-order valence-corrected chi connectivity index (χ4v) is 0.538. The van der Waals surface area contributed by atoms with E-state index < -0.39 is 29.9 Å². The fraction of sp³-hybridized carbons (Fsp3) is 0. The van der Waals surface area contributed by atoms with Crippen molar-refractivity contribution in [3.05, 3.63) is 18.0 Å². The molecule has 4 nitrogen and oxygen atoms in total. The van der Waals surface area contributed by atoms with E-state index in [4.69, 9.17) is 0 Å². The minimum Gasteiger partial charge on any atom is -0.391 e. The molecule has 0 unspecified atom stereocenters. The Hall–Kier alpha value is -1.73. The second-order valence-electron chi connectivity index (χ2n) is 1.74. The first-order valence-corrected chi connectivity index (χ1v) is 2.76. The zero-order valence-corrected chi connectivity index (χ0v) is 5.72. The predicted octanol–water partition coefficient (Wildman–Crippen LogP) is 1.36. The molecule has 0 spiro atoms. The van der Waals surface area contributed by atoms with E-state index in [0.717, 1.165) is 0 Å². The molecule has 1 aromatic heterocycles. The molecule has 70 valence electrons. The van der Waals surface area contributed by atoms with E-state index in [1.807, 2.05) is 0 Å². The molecule has 0 bridgehead atoms. The maximum absolute atomic E-state index is 12.4. The molecular formula is C5F4N2O2. The average Bonchev–Trinajstić information content (AvgIpc) is 1.96. The molecule has 0 amide bonds. The number of carbonyl (C=O) groups excluding carboxylic acids is 1. The molecule has 0 aromatic carbocycles. The van der Waals surface area contributed by atoms with Crippen LogP contribution in [0.2, 0.25) is 0 Å². The molecule has 1 aromatic rings. The van der Waals surface area contributed by atoms with Crippen molar-refractivity contribution in [3.8, 4) is 5.75 Å². The van der Waals surface area contributed by atoms with Gasteiger partial charge in [0.25, 0.3) is 11.9 Å². The van der Waals surface area contributed by atoms with Crippen molar-refractivity contribution >= 4 is 6.22 Å². The average molecular weight is 196 g/mol. The summed E-state index contributed by atoms with van der Waals surface area (Å²) in [6.45, 7) is 0. The number of hydrogen-bond acceptors (Lipinski definition) is 4. The van der Waals surface area contributed by atoms with Gasteiger partial charge in [-0.3, -0.25) is 0 Å². The van der Waals surface area contributed by atoms with E-state index in [1.165, 1.54) is 0 Å². The van der Waals surface area contributed by atoms with Crippen molar-refractivity contribution in [3.63, 3.8) is 0 Å². The molecule has 0 atom stereocenters. The lowest BCUT2D eigenvalue weighted by atomic mass is 10.6. The van der Waals surface area contributed by atoms with Crippen LogP contribution in [0.15, 0.2) is 0 Å². The number of carbonyl (C=O) groups is 1. The van der Waals surface area contributed by atoms with Gasteiger partial charge in [0, 0.05) is 0 Å². The molecular weight excluding hydrogens is 196 g/mol. The Morgan fingerprint density at radius 3 is 2.00 bits per heavy atom. The first-order valence-electron chi connectivity index (χ1n) is 2.76. The highest BCUT2D eigenvalue weighted by molar-refractivity contribution is 5.61. The number of hydrogen-bond donors (Lipinski definition) is 0. The van der Waals surface area contributed by atoms with Gasteiger partial charge in [0.15, 0.2) is 0 Å². The van der Waals surface area contributed by atoms with Crippen molar-refractivity contribution in [1.29, 1.82) is 0 Å². The zero-order chi connectivity index (χ0) is 10.0. The van der Waals surface area contributed by atoms with Crippen molar-refractivity contribution in [2.24, 2.45) is 0 Å². The molecule has 1 heterocycles. The summed E-state index contributed by atoms with van der Waals surface area (Å²) in [6.07, 6.45) is -4.14. The highest BCUT2D eigenvalue weighted by Crippen LogP contribution is 2.18. The molecule has 8 heteroatoms. The number of rotatable bonds is 1. The van der Waals surface area contributed by atoms with Crippen LogP contribution < -0.4 is 4.74 Å². The van der Waals surface area contributed by atoms with Crippen molar-refractivity contribution < 1.29 is 27.1 Å². The number of halogens is 4. The Morgan fingerprint density at radius 2 is 1.62 bits per heavy atom. The quantitative estimate of drug-likeness (QED) is 0.294. The molecule has 0 N–H and O–H groups in total. The predicted molar refractivity (Wildman–Crippen MR) is 29.0 cm³/mol. The Bertz CT molecular complexity index is 333. The molecule has 0 saturated carbocycles. The lowest BCUT2D eigenvalue weighted by Crippen LogP contribution is -2.07. The summed E-state index contributed by atoms with van der Waals surface area (Å²) in [7, 11) is 0. The van der Waals surface area contributed by atoms with Gasteiger partial charge in [-0.25, -0.2) is 4.79 Å². The van der Waals surface area contributed by atoms with Crippen LogP contribution >= 0.6 is 0 Å². The Morgan fingerprint density at radius 1 is 1.15 bits per heavy atom. The minimum absolute atomic E-state index is 1.48. The molecule has 0 aliphatic rings. The molecule has 0 aliphatic heterocycles. The van der Waals surface area contributed by atoms with E-state index in [1.54, 1.807) is 0 Å². The van der Waals surface area contributed by atoms with Gasteiger partial charge in [0.05, 0.1) is 0 Å². The van der Waals surface area contributed by atoms with Crippen molar-refractivity contribution in [1.82, 2.24) is 9.97 Å². The first kappa shape index (κ1) is 9.36. The summed E-state index contributed by atoms with van der Waals surface area (Å²) in [5.41, 5.74) is 0. The van der Waals surface area contributed by atoms with Crippen LogP contribution in [0.4, 0.5) is 22.4 Å².